The van der Waals surface area contributed by atoms with Crippen LogP contribution in [0.15, 0.2) is 18.2 Å². The third kappa shape index (κ3) is 2.72. The fourth-order valence-electron chi connectivity index (χ4n) is 1.30. The molecule has 0 heterocycles. The van der Waals surface area contributed by atoms with Crippen LogP contribution in [0.4, 0.5) is 17.6 Å². The Labute approximate surface area is 90.7 Å². The Morgan fingerprint density at radius 3 is 2.12 bits per heavy atom. The van der Waals surface area contributed by atoms with Crippen molar-refractivity contribution in [2.75, 3.05) is 0 Å². The maximum atomic E-state index is 13.3. The van der Waals surface area contributed by atoms with E-state index in [-0.39, 0.29) is 5.92 Å². The van der Waals surface area contributed by atoms with Gasteiger partial charge in [-0.15, -0.1) is 0 Å². The summed E-state index contributed by atoms with van der Waals surface area (Å²) in [6, 6.07) is 3.38. The lowest BCUT2D eigenvalue weighted by Crippen LogP contribution is -2.21. The molecule has 1 atom stereocenters. The van der Waals surface area contributed by atoms with Crippen molar-refractivity contribution < 1.29 is 22.7 Å². The third-order valence-electron chi connectivity index (χ3n) is 2.30. The van der Waals surface area contributed by atoms with E-state index in [0.29, 0.717) is 5.56 Å². The molecule has 0 fully saturated rings. The maximum Gasteiger partial charge on any atom is 0.418 e. The molecule has 0 spiro atoms. The van der Waals surface area contributed by atoms with Gasteiger partial charge >= 0.3 is 6.18 Å². The first-order valence-corrected chi connectivity index (χ1v) is 4.77. The highest BCUT2D eigenvalue weighted by Crippen LogP contribution is 2.34. The van der Waals surface area contributed by atoms with Gasteiger partial charge in [0.15, 0.2) is 6.10 Å². The summed E-state index contributed by atoms with van der Waals surface area (Å²) in [4.78, 5) is 0. The Balaban J connectivity index is 3.09. The molecule has 0 saturated carbocycles. The van der Waals surface area contributed by atoms with Gasteiger partial charge in [0.25, 0.3) is 0 Å². The average Bonchev–Trinajstić information content (AvgIpc) is 2.15. The highest BCUT2D eigenvalue weighted by atomic mass is 19.4. The summed E-state index contributed by atoms with van der Waals surface area (Å²) in [6.07, 6.45) is -7.62. The summed E-state index contributed by atoms with van der Waals surface area (Å²) < 4.78 is 49.8. The first-order chi connectivity index (χ1) is 7.23. The predicted molar refractivity (Wildman–Crippen MR) is 51.5 cm³/mol. The van der Waals surface area contributed by atoms with E-state index >= 15 is 0 Å². The second-order valence-corrected chi connectivity index (χ2v) is 3.88. The summed E-state index contributed by atoms with van der Waals surface area (Å²) in [5.74, 6) is -1.01. The van der Waals surface area contributed by atoms with E-state index in [9.17, 15) is 17.6 Å². The summed E-state index contributed by atoms with van der Waals surface area (Å²) in [5, 5.41) is 8.90. The van der Waals surface area contributed by atoms with Gasteiger partial charge < -0.3 is 5.11 Å². The predicted octanol–water partition coefficient (Wildman–Crippen LogP) is 3.54. The maximum absolute atomic E-state index is 13.3. The van der Waals surface area contributed by atoms with Crippen LogP contribution in [0.25, 0.3) is 0 Å². The van der Waals surface area contributed by atoms with Crippen molar-refractivity contribution >= 4 is 0 Å². The van der Waals surface area contributed by atoms with Gasteiger partial charge in [-0.1, -0.05) is 26.0 Å². The van der Waals surface area contributed by atoms with Gasteiger partial charge in [0, 0.05) is 5.56 Å². The molecule has 16 heavy (non-hydrogen) atoms. The second kappa shape index (κ2) is 4.41. The first-order valence-electron chi connectivity index (χ1n) is 4.77. The zero-order valence-corrected chi connectivity index (χ0v) is 8.85. The molecule has 5 heteroatoms. The van der Waals surface area contributed by atoms with Gasteiger partial charge in [0.05, 0.1) is 0 Å². The number of aliphatic hydroxyl groups is 1. The van der Waals surface area contributed by atoms with Crippen LogP contribution >= 0.6 is 0 Å². The van der Waals surface area contributed by atoms with Gasteiger partial charge in [-0.3, -0.25) is 0 Å². The van der Waals surface area contributed by atoms with E-state index in [1.165, 1.54) is 6.07 Å². The van der Waals surface area contributed by atoms with Crippen LogP contribution in [0.1, 0.15) is 37.0 Å². The third-order valence-corrected chi connectivity index (χ3v) is 2.30. The molecule has 0 amide bonds. The molecular formula is C11H12F4O. The SMILES string of the molecule is CC(C)c1ccc(C(O)C(F)(F)F)c(F)c1. The molecule has 1 rings (SSSR count). The zero-order chi connectivity index (χ0) is 12.5. The standard InChI is InChI=1S/C11H12F4O/c1-6(2)7-3-4-8(9(12)5-7)10(16)11(13,14)15/h3-6,10,16H,1-2H3. The molecule has 1 N–H and O–H groups in total. The second-order valence-electron chi connectivity index (χ2n) is 3.88. The lowest BCUT2D eigenvalue weighted by atomic mass is 9.99. The molecule has 0 aliphatic carbocycles. The van der Waals surface area contributed by atoms with E-state index in [2.05, 4.69) is 0 Å². The molecule has 1 aromatic rings. The molecule has 90 valence electrons. The van der Waals surface area contributed by atoms with Crippen molar-refractivity contribution in [1.29, 1.82) is 0 Å². The Hall–Kier alpha value is -1.10. The number of alkyl halides is 3. The van der Waals surface area contributed by atoms with E-state index in [0.717, 1.165) is 12.1 Å². The van der Waals surface area contributed by atoms with Crippen LogP contribution < -0.4 is 0 Å². The van der Waals surface area contributed by atoms with E-state index < -0.39 is 23.7 Å². The molecular weight excluding hydrogens is 224 g/mol. The van der Waals surface area contributed by atoms with Crippen LogP contribution in [0.2, 0.25) is 0 Å². The first kappa shape index (κ1) is 13.0. The lowest BCUT2D eigenvalue weighted by Gasteiger charge is -2.16. The summed E-state index contributed by atoms with van der Waals surface area (Å²) in [7, 11) is 0. The summed E-state index contributed by atoms with van der Waals surface area (Å²) >= 11 is 0. The minimum absolute atomic E-state index is 0.0200. The highest BCUT2D eigenvalue weighted by molar-refractivity contribution is 5.28. The van der Waals surface area contributed by atoms with Gasteiger partial charge in [0.1, 0.15) is 5.82 Å². The van der Waals surface area contributed by atoms with Crippen molar-refractivity contribution in [3.8, 4) is 0 Å². The monoisotopic (exact) mass is 236 g/mol. The van der Waals surface area contributed by atoms with E-state index in [1.54, 1.807) is 13.8 Å². The quantitative estimate of drug-likeness (QED) is 0.778. The van der Waals surface area contributed by atoms with Gasteiger partial charge in [-0.2, -0.15) is 13.2 Å². The minimum atomic E-state index is -4.85. The topological polar surface area (TPSA) is 20.2 Å². The van der Waals surface area contributed by atoms with Crippen molar-refractivity contribution in [3.63, 3.8) is 0 Å². The number of aliphatic hydroxyl groups excluding tert-OH is 1. The molecule has 0 aliphatic rings. The van der Waals surface area contributed by atoms with Crippen LogP contribution in [0.3, 0.4) is 0 Å². The van der Waals surface area contributed by atoms with Gasteiger partial charge in [-0.25, -0.2) is 4.39 Å². The molecule has 1 aromatic carbocycles. The number of benzene rings is 1. The van der Waals surface area contributed by atoms with Crippen LogP contribution in [0.5, 0.6) is 0 Å². The normalized spacial score (nSPS) is 14.2. The van der Waals surface area contributed by atoms with Crippen molar-refractivity contribution in [2.45, 2.75) is 32.0 Å². The van der Waals surface area contributed by atoms with Gasteiger partial charge in [-0.05, 0) is 17.5 Å². The molecule has 1 unspecified atom stereocenters. The Morgan fingerprint density at radius 1 is 1.19 bits per heavy atom. The number of halogens is 4. The van der Waals surface area contributed by atoms with Crippen molar-refractivity contribution in [2.24, 2.45) is 0 Å². The Morgan fingerprint density at radius 2 is 1.75 bits per heavy atom. The summed E-state index contributed by atoms with van der Waals surface area (Å²) in [5.41, 5.74) is -0.146. The number of hydrogen-bond donors (Lipinski definition) is 1. The average molecular weight is 236 g/mol. The number of rotatable bonds is 2. The van der Waals surface area contributed by atoms with Crippen LogP contribution in [0, 0.1) is 5.82 Å². The number of hydrogen-bond acceptors (Lipinski definition) is 1. The smallest absolute Gasteiger partial charge is 0.379 e. The van der Waals surface area contributed by atoms with Gasteiger partial charge in [0.2, 0.25) is 0 Å². The fraction of sp³-hybridized carbons (Fsp3) is 0.455. The zero-order valence-electron chi connectivity index (χ0n) is 8.85. The lowest BCUT2D eigenvalue weighted by molar-refractivity contribution is -0.207. The van der Waals surface area contributed by atoms with E-state index in [1.807, 2.05) is 0 Å². The van der Waals surface area contributed by atoms with Crippen molar-refractivity contribution in [3.05, 3.63) is 35.1 Å². The molecule has 0 bridgehead atoms. The molecule has 0 saturated heterocycles. The Bertz CT molecular complexity index is 371. The largest absolute Gasteiger partial charge is 0.418 e. The minimum Gasteiger partial charge on any atom is -0.379 e. The van der Waals surface area contributed by atoms with Crippen LogP contribution in [-0.2, 0) is 0 Å². The fourth-order valence-corrected chi connectivity index (χ4v) is 1.30. The van der Waals surface area contributed by atoms with E-state index in [4.69, 9.17) is 5.11 Å². The highest BCUT2D eigenvalue weighted by Gasteiger charge is 2.40. The van der Waals surface area contributed by atoms with Crippen molar-refractivity contribution in [1.82, 2.24) is 0 Å². The van der Waals surface area contributed by atoms with Crippen LogP contribution in [-0.4, -0.2) is 11.3 Å². The Kier molecular flexibility index (Phi) is 3.57. The molecule has 1 nitrogen and oxygen atoms in total. The molecule has 0 aromatic heterocycles. The molecule has 0 aliphatic heterocycles. The summed E-state index contributed by atoms with van der Waals surface area (Å²) in [6.45, 7) is 3.60. The molecule has 0 radical (unpaired) electrons.